The molecule has 1 saturated heterocycles. The van der Waals surface area contributed by atoms with Gasteiger partial charge in [0.2, 0.25) is 5.91 Å². The molecule has 0 bridgehead atoms. The molecule has 1 atom stereocenters. The van der Waals surface area contributed by atoms with Gasteiger partial charge in [-0.1, -0.05) is 6.07 Å². The molecule has 6 nitrogen and oxygen atoms in total. The summed E-state index contributed by atoms with van der Waals surface area (Å²) in [6, 6.07) is 4.58. The first-order valence-corrected chi connectivity index (χ1v) is 8.70. The maximum absolute atomic E-state index is 11.9. The van der Waals surface area contributed by atoms with Gasteiger partial charge in [0.05, 0.1) is 19.6 Å². The highest BCUT2D eigenvalue weighted by Crippen LogP contribution is 2.27. The molecule has 0 saturated carbocycles. The fourth-order valence-corrected chi connectivity index (χ4v) is 3.14. The van der Waals surface area contributed by atoms with Crippen LogP contribution in [0.25, 0.3) is 0 Å². The highest BCUT2D eigenvalue weighted by molar-refractivity contribution is 8.13. The van der Waals surface area contributed by atoms with Crippen molar-refractivity contribution in [2.24, 2.45) is 5.92 Å². The van der Waals surface area contributed by atoms with Crippen LogP contribution in [0.5, 0.6) is 5.75 Å². The molecule has 0 aliphatic carbocycles. The van der Waals surface area contributed by atoms with Crippen molar-refractivity contribution in [3.8, 4) is 5.75 Å². The molecule has 1 aromatic rings. The van der Waals surface area contributed by atoms with Crippen molar-refractivity contribution in [3.05, 3.63) is 23.8 Å². The Morgan fingerprint density at radius 1 is 1.52 bits per heavy atom. The van der Waals surface area contributed by atoms with Crippen LogP contribution in [0, 0.1) is 5.92 Å². The van der Waals surface area contributed by atoms with E-state index in [2.05, 4.69) is 5.32 Å². The molecule has 21 heavy (non-hydrogen) atoms. The third-order valence-corrected chi connectivity index (χ3v) is 4.60. The third-order valence-electron chi connectivity index (χ3n) is 3.26. The van der Waals surface area contributed by atoms with Gasteiger partial charge in [0.15, 0.2) is 0 Å². The monoisotopic (exact) mass is 333 g/mol. The smallest absolute Gasteiger partial charge is 0.264 e. The Hall–Kier alpha value is -1.31. The van der Waals surface area contributed by atoms with Crippen molar-refractivity contribution < 1.29 is 22.7 Å². The van der Waals surface area contributed by atoms with Gasteiger partial charge in [-0.05, 0) is 24.1 Å². The molecule has 1 aromatic carbocycles. The molecular formula is C13H16ClNO5S. The Balaban J connectivity index is 2.08. The molecular weight excluding hydrogens is 318 g/mol. The molecule has 0 spiro atoms. The molecule has 1 aliphatic heterocycles. The average Bonchev–Trinajstić information content (AvgIpc) is 2.97. The van der Waals surface area contributed by atoms with E-state index in [1.165, 1.54) is 19.2 Å². The van der Waals surface area contributed by atoms with Crippen molar-refractivity contribution in [2.45, 2.75) is 17.9 Å². The lowest BCUT2D eigenvalue weighted by molar-refractivity contribution is -0.125. The molecule has 1 fully saturated rings. The zero-order valence-corrected chi connectivity index (χ0v) is 13.0. The first-order valence-electron chi connectivity index (χ1n) is 6.39. The lowest BCUT2D eigenvalue weighted by atomic mass is 10.1. The van der Waals surface area contributed by atoms with Crippen LogP contribution < -0.4 is 10.1 Å². The molecule has 0 aromatic heterocycles. The van der Waals surface area contributed by atoms with Crippen LogP contribution in [0.2, 0.25) is 0 Å². The molecule has 1 aliphatic rings. The second-order valence-corrected chi connectivity index (χ2v) is 7.24. The van der Waals surface area contributed by atoms with E-state index >= 15 is 0 Å². The quantitative estimate of drug-likeness (QED) is 0.821. The highest BCUT2D eigenvalue weighted by Gasteiger charge is 2.23. The van der Waals surface area contributed by atoms with Gasteiger partial charge in [-0.2, -0.15) is 0 Å². The number of carbonyl (C=O) groups is 1. The van der Waals surface area contributed by atoms with E-state index in [9.17, 15) is 13.2 Å². The van der Waals surface area contributed by atoms with E-state index in [-0.39, 0.29) is 29.0 Å². The Morgan fingerprint density at radius 3 is 2.86 bits per heavy atom. The second-order valence-electron chi connectivity index (χ2n) is 4.70. The summed E-state index contributed by atoms with van der Waals surface area (Å²) in [6.07, 6.45) is 0.704. The molecule has 1 amide bonds. The van der Waals surface area contributed by atoms with E-state index in [0.717, 1.165) is 0 Å². The van der Waals surface area contributed by atoms with Crippen LogP contribution in [0.15, 0.2) is 23.1 Å². The van der Waals surface area contributed by atoms with Gasteiger partial charge in [-0.3, -0.25) is 4.79 Å². The van der Waals surface area contributed by atoms with Gasteiger partial charge >= 0.3 is 0 Å². The Kier molecular flexibility index (Phi) is 5.08. The van der Waals surface area contributed by atoms with Crippen molar-refractivity contribution >= 4 is 25.6 Å². The topological polar surface area (TPSA) is 81.7 Å². The number of methoxy groups -OCH3 is 1. The molecule has 8 heteroatoms. The minimum absolute atomic E-state index is 0.0985. The van der Waals surface area contributed by atoms with Gasteiger partial charge in [0.1, 0.15) is 10.6 Å². The number of amides is 1. The summed E-state index contributed by atoms with van der Waals surface area (Å²) in [5, 5.41) is 2.76. The lowest BCUT2D eigenvalue weighted by Crippen LogP contribution is -2.30. The van der Waals surface area contributed by atoms with Gasteiger partial charge in [-0.25, -0.2) is 8.42 Å². The van der Waals surface area contributed by atoms with Crippen LogP contribution in [0.1, 0.15) is 12.0 Å². The summed E-state index contributed by atoms with van der Waals surface area (Å²) in [5.41, 5.74) is 0.627. The zero-order valence-electron chi connectivity index (χ0n) is 11.5. The number of ether oxygens (including phenoxy) is 2. The van der Waals surface area contributed by atoms with E-state index in [4.69, 9.17) is 20.2 Å². The van der Waals surface area contributed by atoms with Crippen molar-refractivity contribution in [1.29, 1.82) is 0 Å². The van der Waals surface area contributed by atoms with Crippen molar-refractivity contribution in [1.82, 2.24) is 5.32 Å². The Bertz CT molecular complexity index is 625. The normalized spacial score (nSPS) is 18.5. The minimum Gasteiger partial charge on any atom is -0.495 e. The third kappa shape index (κ3) is 4.09. The Morgan fingerprint density at radius 2 is 2.29 bits per heavy atom. The number of rotatable bonds is 5. The fourth-order valence-electron chi connectivity index (χ4n) is 2.10. The molecule has 0 radical (unpaired) electrons. The standard InChI is InChI=1S/C13H16ClNO5S/c1-19-11-3-2-9(6-12(11)21(14,17)18)7-15-13(16)10-4-5-20-8-10/h2-3,6,10H,4-5,7-8H2,1H3,(H,15,16). The van der Waals surface area contributed by atoms with Gasteiger partial charge < -0.3 is 14.8 Å². The summed E-state index contributed by atoms with van der Waals surface area (Å²) in [6.45, 7) is 1.24. The van der Waals surface area contributed by atoms with Crippen LogP contribution in [-0.4, -0.2) is 34.6 Å². The molecule has 1 unspecified atom stereocenters. The summed E-state index contributed by atoms with van der Waals surface area (Å²) >= 11 is 0. The zero-order chi connectivity index (χ0) is 15.5. The molecule has 116 valence electrons. The number of carbonyl (C=O) groups excluding carboxylic acids is 1. The summed E-state index contributed by atoms with van der Waals surface area (Å²) in [5.74, 6) is -0.0673. The van der Waals surface area contributed by atoms with E-state index < -0.39 is 9.05 Å². The summed E-state index contributed by atoms with van der Waals surface area (Å²) in [7, 11) is 2.82. The first-order chi connectivity index (χ1) is 9.91. The molecule has 1 N–H and O–H groups in total. The summed E-state index contributed by atoms with van der Waals surface area (Å²) < 4.78 is 33.1. The van der Waals surface area contributed by atoms with Crippen LogP contribution in [-0.2, 0) is 25.1 Å². The largest absolute Gasteiger partial charge is 0.495 e. The van der Waals surface area contributed by atoms with E-state index in [0.29, 0.717) is 25.2 Å². The predicted octanol–water partition coefficient (Wildman–Crippen LogP) is 1.28. The fraction of sp³-hybridized carbons (Fsp3) is 0.462. The van der Waals surface area contributed by atoms with Gasteiger partial charge in [-0.15, -0.1) is 0 Å². The second kappa shape index (κ2) is 6.64. The number of benzene rings is 1. The maximum atomic E-state index is 11.9. The molecule has 1 heterocycles. The number of hydrogen-bond donors (Lipinski definition) is 1. The van der Waals surface area contributed by atoms with Crippen molar-refractivity contribution in [3.63, 3.8) is 0 Å². The van der Waals surface area contributed by atoms with Crippen LogP contribution >= 0.6 is 10.7 Å². The van der Waals surface area contributed by atoms with Crippen molar-refractivity contribution in [2.75, 3.05) is 20.3 Å². The summed E-state index contributed by atoms with van der Waals surface area (Å²) in [4.78, 5) is 11.8. The Labute approximate surface area is 127 Å². The first kappa shape index (κ1) is 16.1. The maximum Gasteiger partial charge on any atom is 0.264 e. The van der Waals surface area contributed by atoms with Crippen LogP contribution in [0.4, 0.5) is 0 Å². The van der Waals surface area contributed by atoms with Gasteiger partial charge in [0, 0.05) is 23.8 Å². The number of nitrogens with one attached hydrogen (secondary N) is 1. The lowest BCUT2D eigenvalue weighted by Gasteiger charge is -2.11. The average molecular weight is 334 g/mol. The van der Waals surface area contributed by atoms with Crippen LogP contribution in [0.3, 0.4) is 0 Å². The minimum atomic E-state index is -3.91. The number of halogens is 1. The number of hydrogen-bond acceptors (Lipinski definition) is 5. The highest BCUT2D eigenvalue weighted by atomic mass is 35.7. The molecule has 2 rings (SSSR count). The van der Waals surface area contributed by atoms with E-state index in [1.807, 2.05) is 0 Å². The SMILES string of the molecule is COc1ccc(CNC(=O)C2CCOC2)cc1S(=O)(=O)Cl. The predicted molar refractivity (Wildman–Crippen MR) is 76.8 cm³/mol. The van der Waals surface area contributed by atoms with Gasteiger partial charge in [0.25, 0.3) is 9.05 Å². The van der Waals surface area contributed by atoms with E-state index in [1.54, 1.807) is 6.07 Å².